The van der Waals surface area contributed by atoms with Gasteiger partial charge in [-0.3, -0.25) is 0 Å². The normalized spacial score (nSPS) is 19.8. The molecule has 0 aromatic heterocycles. The quantitative estimate of drug-likeness (QED) is 0.572. The predicted molar refractivity (Wildman–Crippen MR) is 110 cm³/mol. The number of urea groups is 1. The van der Waals surface area contributed by atoms with Gasteiger partial charge in [0.15, 0.2) is 0 Å². The highest BCUT2D eigenvalue weighted by Crippen LogP contribution is 2.29. The molecule has 0 heterocycles. The number of nitrogens with zero attached hydrogens (tertiary/aromatic N) is 1. The van der Waals surface area contributed by atoms with Gasteiger partial charge in [0.05, 0.1) is 15.7 Å². The fourth-order valence-corrected chi connectivity index (χ4v) is 3.62. The van der Waals surface area contributed by atoms with Crippen LogP contribution in [0.1, 0.15) is 32.1 Å². The molecule has 1 fully saturated rings. The molecule has 0 aliphatic heterocycles. The molecule has 1 aliphatic rings. The minimum absolute atomic E-state index is 0.0161. The van der Waals surface area contributed by atoms with Crippen molar-refractivity contribution in [3.63, 3.8) is 0 Å². The molecule has 0 atom stereocenters. The third kappa shape index (κ3) is 6.86. The monoisotopic (exact) mass is 400 g/mol. The van der Waals surface area contributed by atoms with Crippen LogP contribution < -0.4 is 16.0 Å². The Morgan fingerprint density at radius 1 is 1.12 bits per heavy atom. The van der Waals surface area contributed by atoms with Crippen LogP contribution in [-0.2, 0) is 0 Å². The van der Waals surface area contributed by atoms with Crippen molar-refractivity contribution in [3.05, 3.63) is 28.2 Å². The lowest BCUT2D eigenvalue weighted by atomic mass is 9.84. The minimum atomic E-state index is 0.0161. The molecule has 26 heavy (non-hydrogen) atoms. The van der Waals surface area contributed by atoms with Crippen LogP contribution in [0.15, 0.2) is 18.2 Å². The molecule has 1 aromatic rings. The number of nitrogens with one attached hydrogen (secondary N) is 3. The maximum absolute atomic E-state index is 11.7. The number of rotatable bonds is 8. The standard InChI is InChI=1S/C19H30Cl2N4O/c1-25(2)19(26)24-15-8-6-14(7-9-15)10-11-22-12-13-23-17-5-3-4-16(20)18(17)21/h3-5,14-15,22-23H,6-13H2,1-2H3,(H,24,26). The number of halogens is 2. The Kier molecular flexibility index (Phi) is 8.82. The number of hydrogen-bond donors (Lipinski definition) is 3. The van der Waals surface area contributed by atoms with E-state index >= 15 is 0 Å². The van der Waals surface area contributed by atoms with Crippen LogP contribution in [0.3, 0.4) is 0 Å². The summed E-state index contributed by atoms with van der Waals surface area (Å²) in [6.07, 6.45) is 5.73. The van der Waals surface area contributed by atoms with Gasteiger partial charge in [0.1, 0.15) is 0 Å². The second-order valence-electron chi connectivity index (χ2n) is 7.13. The first-order valence-electron chi connectivity index (χ1n) is 9.33. The molecule has 1 aromatic carbocycles. The third-order valence-corrected chi connectivity index (χ3v) is 5.70. The Bertz CT molecular complexity index is 575. The first kappa shape index (κ1) is 21.1. The molecule has 0 saturated heterocycles. The van der Waals surface area contributed by atoms with Gasteiger partial charge in [-0.2, -0.15) is 0 Å². The Morgan fingerprint density at radius 3 is 2.54 bits per heavy atom. The van der Waals surface area contributed by atoms with Crippen LogP contribution in [0.5, 0.6) is 0 Å². The summed E-state index contributed by atoms with van der Waals surface area (Å²) in [6.45, 7) is 2.71. The number of carbonyl (C=O) groups excluding carboxylic acids is 1. The predicted octanol–water partition coefficient (Wildman–Crippen LogP) is 4.22. The van der Waals surface area contributed by atoms with E-state index in [2.05, 4.69) is 16.0 Å². The van der Waals surface area contributed by atoms with E-state index < -0.39 is 0 Å². The summed E-state index contributed by atoms with van der Waals surface area (Å²) >= 11 is 12.2. The minimum Gasteiger partial charge on any atom is -0.383 e. The average molecular weight is 401 g/mol. The van der Waals surface area contributed by atoms with Crippen molar-refractivity contribution in [2.24, 2.45) is 5.92 Å². The Labute approximate surface area is 166 Å². The molecule has 1 saturated carbocycles. The lowest BCUT2D eigenvalue weighted by Gasteiger charge is -2.30. The van der Waals surface area contributed by atoms with Crippen LogP contribution in [-0.4, -0.2) is 50.7 Å². The topological polar surface area (TPSA) is 56.4 Å². The van der Waals surface area contributed by atoms with Crippen molar-refractivity contribution >= 4 is 34.9 Å². The van der Waals surface area contributed by atoms with Crippen LogP contribution in [0.25, 0.3) is 0 Å². The van der Waals surface area contributed by atoms with Crippen LogP contribution in [0.2, 0.25) is 10.0 Å². The fraction of sp³-hybridized carbons (Fsp3) is 0.632. The van der Waals surface area contributed by atoms with Crippen molar-refractivity contribution in [1.29, 1.82) is 0 Å². The molecule has 146 valence electrons. The Balaban J connectivity index is 1.53. The van der Waals surface area contributed by atoms with Crippen molar-refractivity contribution in [1.82, 2.24) is 15.5 Å². The van der Waals surface area contributed by atoms with E-state index in [-0.39, 0.29) is 6.03 Å². The highest BCUT2D eigenvalue weighted by Gasteiger charge is 2.22. The van der Waals surface area contributed by atoms with Gasteiger partial charge in [-0.25, -0.2) is 4.79 Å². The first-order chi connectivity index (χ1) is 12.5. The molecule has 3 N–H and O–H groups in total. The highest BCUT2D eigenvalue weighted by atomic mass is 35.5. The SMILES string of the molecule is CN(C)C(=O)NC1CCC(CCNCCNc2cccc(Cl)c2Cl)CC1. The van der Waals surface area contributed by atoms with Crippen molar-refractivity contribution in [2.45, 2.75) is 38.1 Å². The van der Waals surface area contributed by atoms with E-state index in [4.69, 9.17) is 23.2 Å². The maximum Gasteiger partial charge on any atom is 0.317 e. The van der Waals surface area contributed by atoms with Crippen LogP contribution >= 0.6 is 23.2 Å². The lowest BCUT2D eigenvalue weighted by molar-refractivity contribution is 0.203. The zero-order valence-corrected chi connectivity index (χ0v) is 17.2. The van der Waals surface area contributed by atoms with Crippen LogP contribution in [0, 0.1) is 5.92 Å². The summed E-state index contributed by atoms with van der Waals surface area (Å²) < 4.78 is 0. The summed E-state index contributed by atoms with van der Waals surface area (Å²) in [5.74, 6) is 0.755. The third-order valence-electron chi connectivity index (χ3n) is 4.88. The maximum atomic E-state index is 11.7. The molecule has 0 spiro atoms. The highest BCUT2D eigenvalue weighted by molar-refractivity contribution is 6.43. The van der Waals surface area contributed by atoms with Gasteiger partial charge in [0.25, 0.3) is 0 Å². The molecule has 0 radical (unpaired) electrons. The van der Waals surface area contributed by atoms with E-state index in [0.717, 1.165) is 44.1 Å². The number of amides is 2. The van der Waals surface area contributed by atoms with E-state index in [1.54, 1.807) is 25.1 Å². The summed E-state index contributed by atoms with van der Waals surface area (Å²) in [5.41, 5.74) is 0.874. The van der Waals surface area contributed by atoms with E-state index in [9.17, 15) is 4.79 Å². The van der Waals surface area contributed by atoms with Gasteiger partial charge in [-0.15, -0.1) is 0 Å². The number of benzene rings is 1. The Morgan fingerprint density at radius 2 is 1.85 bits per heavy atom. The molecule has 2 amide bonds. The smallest absolute Gasteiger partial charge is 0.317 e. The van der Waals surface area contributed by atoms with Gasteiger partial charge in [-0.1, -0.05) is 29.3 Å². The first-order valence-corrected chi connectivity index (χ1v) is 10.1. The van der Waals surface area contributed by atoms with E-state index in [0.29, 0.717) is 16.1 Å². The van der Waals surface area contributed by atoms with E-state index in [1.807, 2.05) is 12.1 Å². The molecule has 5 nitrogen and oxygen atoms in total. The number of anilines is 1. The van der Waals surface area contributed by atoms with Gasteiger partial charge in [0.2, 0.25) is 0 Å². The van der Waals surface area contributed by atoms with Crippen molar-refractivity contribution in [2.75, 3.05) is 39.0 Å². The summed E-state index contributed by atoms with van der Waals surface area (Å²) in [5, 5.41) is 11.0. The summed E-state index contributed by atoms with van der Waals surface area (Å²) in [6, 6.07) is 5.96. The zero-order valence-electron chi connectivity index (χ0n) is 15.7. The fourth-order valence-electron chi connectivity index (χ4n) is 3.26. The second-order valence-corrected chi connectivity index (χ2v) is 7.91. The van der Waals surface area contributed by atoms with Crippen molar-refractivity contribution in [3.8, 4) is 0 Å². The summed E-state index contributed by atoms with van der Waals surface area (Å²) in [7, 11) is 3.56. The molecule has 7 heteroatoms. The van der Waals surface area contributed by atoms with Gasteiger partial charge in [0, 0.05) is 33.2 Å². The number of hydrogen-bond acceptors (Lipinski definition) is 3. The largest absolute Gasteiger partial charge is 0.383 e. The van der Waals surface area contributed by atoms with Gasteiger partial charge in [-0.05, 0) is 56.7 Å². The summed E-state index contributed by atoms with van der Waals surface area (Å²) in [4.78, 5) is 13.3. The van der Waals surface area contributed by atoms with Gasteiger partial charge >= 0.3 is 6.03 Å². The molecular weight excluding hydrogens is 371 g/mol. The molecule has 0 bridgehead atoms. The second kappa shape index (κ2) is 10.9. The average Bonchev–Trinajstić information content (AvgIpc) is 2.62. The van der Waals surface area contributed by atoms with Crippen LogP contribution in [0.4, 0.5) is 10.5 Å². The molecule has 0 unspecified atom stereocenters. The van der Waals surface area contributed by atoms with Gasteiger partial charge < -0.3 is 20.9 Å². The lowest BCUT2D eigenvalue weighted by Crippen LogP contribution is -2.43. The zero-order chi connectivity index (χ0) is 18.9. The molecular formula is C19H30Cl2N4O. The van der Waals surface area contributed by atoms with Crippen molar-refractivity contribution < 1.29 is 4.79 Å². The Hall–Kier alpha value is -1.17. The number of carbonyl (C=O) groups is 1. The molecule has 2 rings (SSSR count). The molecule has 1 aliphatic carbocycles. The van der Waals surface area contributed by atoms with E-state index in [1.165, 1.54) is 19.3 Å².